The van der Waals surface area contributed by atoms with Gasteiger partial charge in [-0.2, -0.15) is 0 Å². The molecule has 0 amide bonds. The van der Waals surface area contributed by atoms with E-state index in [4.69, 9.17) is 20.6 Å². The third kappa shape index (κ3) is 17.8. The third-order valence-electron chi connectivity index (χ3n) is 16.8. The molecule has 2 unspecified atom stereocenters. The van der Waals surface area contributed by atoms with Crippen molar-refractivity contribution in [2.75, 3.05) is 0 Å². The van der Waals surface area contributed by atoms with Gasteiger partial charge in [0.25, 0.3) is 0 Å². The van der Waals surface area contributed by atoms with E-state index in [1.165, 1.54) is 82.0 Å². The van der Waals surface area contributed by atoms with Crippen LogP contribution in [0.25, 0.3) is 56.3 Å². The fourth-order valence-electron chi connectivity index (χ4n) is 11.6. The van der Waals surface area contributed by atoms with Crippen molar-refractivity contribution in [3.05, 3.63) is 266 Å². The number of aromatic nitrogens is 5. The highest BCUT2D eigenvalue weighted by Gasteiger charge is 2.22. The Balaban J connectivity index is 0.000000207. The van der Waals surface area contributed by atoms with Crippen LogP contribution in [0.5, 0.6) is 0 Å². The van der Waals surface area contributed by atoms with Crippen LogP contribution >= 0.6 is 0 Å². The molecule has 5 nitrogen and oxygen atoms in total. The number of hydrogen-bond acceptors (Lipinski definition) is 0. The summed E-state index contributed by atoms with van der Waals surface area (Å²) >= 11 is 0. The molecule has 5 aromatic heterocycles. The molecule has 0 saturated carbocycles. The molecule has 90 heavy (non-hydrogen) atoms. The van der Waals surface area contributed by atoms with Crippen LogP contribution < -0.4 is 22.8 Å². The van der Waals surface area contributed by atoms with Crippen molar-refractivity contribution in [3.8, 4) is 56.3 Å². The molecule has 2 atom stereocenters. The molecule has 0 spiro atoms. The van der Waals surface area contributed by atoms with Crippen molar-refractivity contribution >= 4 is 0 Å². The van der Waals surface area contributed by atoms with Gasteiger partial charge in [-0.25, -0.2) is 22.8 Å². The van der Waals surface area contributed by atoms with E-state index in [1.54, 1.807) is 37.9 Å². The maximum absolute atomic E-state index is 8.40. The lowest BCUT2D eigenvalue weighted by molar-refractivity contribution is -0.661. The van der Waals surface area contributed by atoms with Crippen molar-refractivity contribution in [2.45, 2.75) is 168 Å². The van der Waals surface area contributed by atoms with Gasteiger partial charge in [0.1, 0.15) is 35.2 Å². The first kappa shape index (κ1) is 51.6. The molecule has 5 heteroatoms. The van der Waals surface area contributed by atoms with Gasteiger partial charge < -0.3 is 0 Å². The predicted octanol–water partition coefficient (Wildman–Crippen LogP) is 19.6. The Bertz CT molecular complexity index is 4700. The van der Waals surface area contributed by atoms with E-state index < -0.39 is 45.1 Å². The number of rotatable bonds is 10. The zero-order chi connectivity index (χ0) is 79.2. The lowest BCUT2D eigenvalue weighted by atomic mass is 9.96. The SMILES string of the molecule is Cc1ccccc1-c1cc(C(C)C)c(C)c[n+]1C.Cc1ccccc1-c1cc(C)c(C(C)C)c[n+]1C.[2H]C([2H])([2H])C([2H])(C)c1c[n+](C)c(-c2ccccc2C)cc1C.[2H]C([2H])([2H])c1c[n+](C)c(-c2ccccc2C)cc1C([2H])(C)C.[2H]C([2H])([2H])c1c[n+](C)c(-c2ccccc2C)cc1C([2H])(C)C([2H])([2H])[2H]. The van der Waals surface area contributed by atoms with E-state index in [1.807, 2.05) is 123 Å². The molecular formula is C85H110N5+5. The van der Waals surface area contributed by atoms with Crippen LogP contribution in [0.15, 0.2) is 183 Å². The van der Waals surface area contributed by atoms with Gasteiger partial charge in [-0.1, -0.05) is 160 Å². The summed E-state index contributed by atoms with van der Waals surface area (Å²) in [5, 5.41) is 0. The van der Waals surface area contributed by atoms with Crippen molar-refractivity contribution < 1.29 is 43.4 Å². The summed E-state index contributed by atoms with van der Waals surface area (Å²) in [6.45, 7) is 22.0. The number of hydrogen-bond donors (Lipinski definition) is 0. The zero-order valence-electron chi connectivity index (χ0n) is 72.7. The van der Waals surface area contributed by atoms with Crippen molar-refractivity contribution in [3.63, 3.8) is 0 Å². The van der Waals surface area contributed by atoms with Crippen molar-refractivity contribution in [1.29, 1.82) is 0 Å². The standard InChI is InChI=1S/5C17H22N/c3*1-12(2)16-10-17(18(5)11-14(16)4)15-9-7-6-8-13(15)3;2*1-12(2)16-11-18(5)17(10-14(16)4)15-9-7-6-8-13(15)3/h5*6-12H,1-5H3/q5*+1/i1D3,4D3,12D;4D3,12D;;1D3,12D;. The summed E-state index contributed by atoms with van der Waals surface area (Å²) in [6.07, 6.45) is 9.33. The maximum atomic E-state index is 8.40. The average molecular weight is 1220 g/mol. The molecular weight excluding hydrogens is 1090 g/mol. The number of pyridine rings is 5. The Morgan fingerprint density at radius 2 is 0.522 bits per heavy atom. The first-order valence-electron chi connectivity index (χ1n) is 38.7. The lowest BCUT2D eigenvalue weighted by Crippen LogP contribution is -2.32. The first-order valence-corrected chi connectivity index (χ1v) is 31.2. The normalized spacial score (nSPS) is 15.4. The predicted molar refractivity (Wildman–Crippen MR) is 383 cm³/mol. The Morgan fingerprint density at radius 1 is 0.267 bits per heavy atom. The highest BCUT2D eigenvalue weighted by atomic mass is 14.9. The van der Waals surface area contributed by atoms with Crippen LogP contribution in [0.3, 0.4) is 0 Å². The van der Waals surface area contributed by atoms with Gasteiger partial charge in [-0.05, 0) is 185 Å². The van der Waals surface area contributed by atoms with Crippen LogP contribution in [0.1, 0.15) is 203 Å². The highest BCUT2D eigenvalue weighted by molar-refractivity contribution is 5.65. The molecule has 0 aliphatic heterocycles. The van der Waals surface area contributed by atoms with E-state index in [0.29, 0.717) is 28.7 Å². The quantitative estimate of drug-likeness (QED) is 0.122. The molecule has 0 radical (unpaired) electrons. The summed E-state index contributed by atoms with van der Waals surface area (Å²) in [6, 6.07) is 50.8. The smallest absolute Gasteiger partial charge is 0.201 e. The Morgan fingerprint density at radius 3 is 0.822 bits per heavy atom. The molecule has 10 aromatic rings. The van der Waals surface area contributed by atoms with Gasteiger partial charge in [0.15, 0.2) is 31.0 Å². The number of nitrogens with zero attached hydrogens (tertiary/aromatic N) is 5. The van der Waals surface area contributed by atoms with Gasteiger partial charge >= 0.3 is 0 Å². The zero-order valence-corrected chi connectivity index (χ0v) is 57.7. The van der Waals surface area contributed by atoms with Crippen molar-refractivity contribution in [2.24, 2.45) is 35.2 Å². The second kappa shape index (κ2) is 32.0. The molecule has 5 heterocycles. The van der Waals surface area contributed by atoms with Crippen molar-refractivity contribution in [1.82, 2.24) is 0 Å². The van der Waals surface area contributed by atoms with Crippen LogP contribution in [-0.4, -0.2) is 0 Å². The van der Waals surface area contributed by atoms with Crippen LogP contribution in [0, 0.1) is 69.1 Å². The lowest BCUT2D eigenvalue weighted by Gasteiger charge is -2.11. The average Bonchev–Trinajstić information content (AvgIpc) is 0.766. The largest absolute Gasteiger partial charge is 0.212 e. The summed E-state index contributed by atoms with van der Waals surface area (Å²) < 4.78 is 127. The van der Waals surface area contributed by atoms with E-state index in [2.05, 4.69) is 165 Å². The van der Waals surface area contributed by atoms with E-state index in [-0.39, 0.29) is 16.7 Å². The van der Waals surface area contributed by atoms with Gasteiger partial charge in [-0.15, -0.1) is 0 Å². The fourth-order valence-corrected chi connectivity index (χ4v) is 11.6. The number of aryl methyl sites for hydroxylation is 15. The minimum absolute atomic E-state index is 0.00357. The minimum Gasteiger partial charge on any atom is -0.201 e. The van der Waals surface area contributed by atoms with Gasteiger partial charge in [-0.3, -0.25) is 0 Å². The second-order valence-electron chi connectivity index (χ2n) is 25.0. The third-order valence-corrected chi connectivity index (χ3v) is 16.8. The number of benzene rings is 5. The Labute approximate surface area is 566 Å². The summed E-state index contributed by atoms with van der Waals surface area (Å²) in [4.78, 5) is 0. The van der Waals surface area contributed by atoms with Crippen LogP contribution in [0.4, 0.5) is 0 Å². The maximum Gasteiger partial charge on any atom is 0.212 e. The van der Waals surface area contributed by atoms with Gasteiger partial charge in [0.2, 0.25) is 28.5 Å². The summed E-state index contributed by atoms with van der Waals surface area (Å²) in [7, 11) is 9.71. The first-order chi connectivity index (χ1) is 48.3. The molecule has 10 rings (SSSR count). The van der Waals surface area contributed by atoms with E-state index in [9.17, 15) is 0 Å². The molecule has 0 saturated heterocycles. The topological polar surface area (TPSA) is 19.4 Å². The summed E-state index contributed by atoms with van der Waals surface area (Å²) in [5.41, 5.74) is 24.4. The van der Waals surface area contributed by atoms with Crippen LogP contribution in [-0.2, 0) is 35.2 Å². The molecule has 0 bridgehead atoms. The Kier molecular flexibility index (Phi) is 18.4. The molecule has 0 aliphatic carbocycles. The van der Waals surface area contributed by atoms with Crippen LogP contribution in [0.2, 0.25) is 0 Å². The molecule has 0 N–H and O–H groups in total. The van der Waals surface area contributed by atoms with E-state index in [0.717, 1.165) is 50.3 Å². The molecule has 0 aliphatic rings. The Hall–Kier alpha value is -8.15. The van der Waals surface area contributed by atoms with Gasteiger partial charge in [0.05, 0.1) is 0 Å². The molecule has 470 valence electrons. The summed E-state index contributed by atoms with van der Waals surface area (Å²) in [5.74, 6) is -3.51. The minimum atomic E-state index is -2.66. The van der Waals surface area contributed by atoms with E-state index >= 15 is 0 Å². The monoisotopic (exact) mass is 1220 g/mol. The fraction of sp³-hybridized carbons (Fsp3) is 0.353. The highest BCUT2D eigenvalue weighted by Crippen LogP contribution is 2.31. The molecule has 0 fully saturated rings. The second-order valence-corrected chi connectivity index (χ2v) is 25.0. The molecule has 5 aromatic carbocycles. The van der Waals surface area contributed by atoms with Gasteiger partial charge in [0, 0.05) is 107 Å².